The van der Waals surface area contributed by atoms with Crippen LogP contribution in [0.5, 0.6) is 0 Å². The number of imidazole rings is 1. The van der Waals surface area contributed by atoms with Gasteiger partial charge in [-0.05, 0) is 29.8 Å². The fraction of sp³-hybridized carbons (Fsp3) is 0.0714. The van der Waals surface area contributed by atoms with E-state index in [2.05, 4.69) is 15.3 Å². The molecule has 5 nitrogen and oxygen atoms in total. The van der Waals surface area contributed by atoms with Crippen LogP contribution in [0, 0.1) is 0 Å². The molecule has 0 aliphatic carbocycles. The number of pyridine rings is 2. The Balaban J connectivity index is 1.73. The van der Waals surface area contributed by atoms with Gasteiger partial charge in [-0.1, -0.05) is 0 Å². The van der Waals surface area contributed by atoms with Crippen molar-refractivity contribution in [1.82, 2.24) is 19.7 Å². The van der Waals surface area contributed by atoms with Gasteiger partial charge in [0.2, 0.25) is 0 Å². The van der Waals surface area contributed by atoms with E-state index in [4.69, 9.17) is 0 Å². The van der Waals surface area contributed by atoms with Crippen molar-refractivity contribution in [2.75, 3.05) is 0 Å². The molecule has 3 heterocycles. The molecule has 0 saturated heterocycles. The Kier molecular flexibility index (Phi) is 2.94. The quantitative estimate of drug-likeness (QED) is 0.771. The third-order valence-electron chi connectivity index (χ3n) is 2.85. The van der Waals surface area contributed by atoms with E-state index < -0.39 is 0 Å². The minimum atomic E-state index is -0.104. The topological polar surface area (TPSA) is 59.3 Å². The van der Waals surface area contributed by atoms with Crippen LogP contribution in [0.1, 0.15) is 15.9 Å². The van der Waals surface area contributed by atoms with Gasteiger partial charge in [-0.25, -0.2) is 4.98 Å². The molecule has 1 amide bonds. The summed E-state index contributed by atoms with van der Waals surface area (Å²) >= 11 is 0. The van der Waals surface area contributed by atoms with E-state index in [9.17, 15) is 4.79 Å². The van der Waals surface area contributed by atoms with Crippen molar-refractivity contribution in [2.24, 2.45) is 0 Å². The average Bonchev–Trinajstić information content (AvgIpc) is 2.93. The zero-order valence-electron chi connectivity index (χ0n) is 10.2. The predicted octanol–water partition coefficient (Wildman–Crippen LogP) is 1.66. The summed E-state index contributed by atoms with van der Waals surface area (Å²) in [5.41, 5.74) is 2.46. The number of rotatable bonds is 3. The van der Waals surface area contributed by atoms with E-state index in [0.29, 0.717) is 12.1 Å². The highest BCUT2D eigenvalue weighted by atomic mass is 16.1. The number of carbonyl (C=O) groups excluding carboxylic acids is 1. The van der Waals surface area contributed by atoms with Crippen molar-refractivity contribution in [3.05, 3.63) is 66.4 Å². The average molecular weight is 252 g/mol. The van der Waals surface area contributed by atoms with Gasteiger partial charge in [-0.2, -0.15) is 0 Å². The maximum absolute atomic E-state index is 12.0. The minimum absolute atomic E-state index is 0.104. The lowest BCUT2D eigenvalue weighted by atomic mass is 10.2. The van der Waals surface area contributed by atoms with E-state index in [0.717, 1.165) is 11.2 Å². The summed E-state index contributed by atoms with van der Waals surface area (Å²) in [5, 5.41) is 2.87. The molecule has 0 aliphatic heterocycles. The molecule has 1 N–H and O–H groups in total. The lowest BCUT2D eigenvalue weighted by Crippen LogP contribution is -2.23. The second kappa shape index (κ2) is 4.89. The van der Waals surface area contributed by atoms with Gasteiger partial charge in [0.15, 0.2) is 0 Å². The van der Waals surface area contributed by atoms with Crippen LogP contribution in [0.4, 0.5) is 0 Å². The standard InChI is InChI=1S/C14H12N4O/c19-14(17-9-11-3-5-15-6-4-11)12-1-2-13-16-7-8-18(13)10-12/h1-8,10H,9H2,(H,17,19). The number of nitrogens with zero attached hydrogens (tertiary/aromatic N) is 3. The van der Waals surface area contributed by atoms with Gasteiger partial charge in [-0.15, -0.1) is 0 Å². The van der Waals surface area contributed by atoms with E-state index >= 15 is 0 Å². The molecular formula is C14H12N4O. The molecule has 0 fully saturated rings. The Hall–Kier alpha value is -2.69. The minimum Gasteiger partial charge on any atom is -0.348 e. The Morgan fingerprint density at radius 1 is 1.16 bits per heavy atom. The first-order chi connectivity index (χ1) is 9.33. The molecule has 0 radical (unpaired) electrons. The second-order valence-corrected chi connectivity index (χ2v) is 4.15. The van der Waals surface area contributed by atoms with E-state index in [1.54, 1.807) is 30.9 Å². The molecule has 3 rings (SSSR count). The van der Waals surface area contributed by atoms with E-state index in [1.807, 2.05) is 28.8 Å². The van der Waals surface area contributed by atoms with E-state index in [1.165, 1.54) is 0 Å². The molecule has 0 aromatic carbocycles. The van der Waals surface area contributed by atoms with Crippen LogP contribution in [-0.4, -0.2) is 20.3 Å². The summed E-state index contributed by atoms with van der Waals surface area (Å²) < 4.78 is 1.82. The van der Waals surface area contributed by atoms with Crippen LogP contribution in [0.25, 0.3) is 5.65 Å². The summed E-state index contributed by atoms with van der Waals surface area (Å²) in [5.74, 6) is -0.104. The Morgan fingerprint density at radius 2 is 2.00 bits per heavy atom. The monoisotopic (exact) mass is 252 g/mol. The highest BCUT2D eigenvalue weighted by Gasteiger charge is 2.06. The van der Waals surface area contributed by atoms with Crippen LogP contribution in [0.15, 0.2) is 55.2 Å². The third kappa shape index (κ3) is 2.44. The number of carbonyl (C=O) groups is 1. The predicted molar refractivity (Wildman–Crippen MR) is 70.6 cm³/mol. The molecule has 0 bridgehead atoms. The number of hydrogen-bond donors (Lipinski definition) is 1. The van der Waals surface area contributed by atoms with Gasteiger partial charge in [-0.3, -0.25) is 9.78 Å². The van der Waals surface area contributed by atoms with Gasteiger partial charge in [0, 0.05) is 37.5 Å². The molecule has 94 valence electrons. The summed E-state index contributed by atoms with van der Waals surface area (Å²) in [4.78, 5) is 20.1. The second-order valence-electron chi connectivity index (χ2n) is 4.15. The molecule has 0 aliphatic rings. The molecular weight excluding hydrogens is 240 g/mol. The first-order valence-corrected chi connectivity index (χ1v) is 5.93. The molecule has 5 heteroatoms. The SMILES string of the molecule is O=C(NCc1ccncc1)c1ccc2nccn2c1. The highest BCUT2D eigenvalue weighted by Crippen LogP contribution is 2.05. The summed E-state index contributed by atoms with van der Waals surface area (Å²) in [6.07, 6.45) is 8.70. The summed E-state index contributed by atoms with van der Waals surface area (Å²) in [6.45, 7) is 0.489. The van der Waals surface area contributed by atoms with Crippen molar-refractivity contribution >= 4 is 11.6 Å². The zero-order valence-corrected chi connectivity index (χ0v) is 10.2. The van der Waals surface area contributed by atoms with Crippen molar-refractivity contribution in [1.29, 1.82) is 0 Å². The van der Waals surface area contributed by atoms with Crippen LogP contribution >= 0.6 is 0 Å². The Bertz CT molecular complexity index is 706. The van der Waals surface area contributed by atoms with Crippen LogP contribution < -0.4 is 5.32 Å². The van der Waals surface area contributed by atoms with Crippen LogP contribution in [0.3, 0.4) is 0 Å². The lowest BCUT2D eigenvalue weighted by Gasteiger charge is -2.05. The van der Waals surface area contributed by atoms with Gasteiger partial charge in [0.25, 0.3) is 5.91 Å². The normalized spacial score (nSPS) is 10.5. The molecule has 3 aromatic rings. The van der Waals surface area contributed by atoms with Gasteiger partial charge in [0.1, 0.15) is 5.65 Å². The number of nitrogens with one attached hydrogen (secondary N) is 1. The van der Waals surface area contributed by atoms with Crippen molar-refractivity contribution in [3.8, 4) is 0 Å². The van der Waals surface area contributed by atoms with Crippen molar-refractivity contribution in [3.63, 3.8) is 0 Å². The molecule has 0 spiro atoms. The Labute approximate surface area is 109 Å². The number of amides is 1. The lowest BCUT2D eigenvalue weighted by molar-refractivity contribution is 0.0950. The zero-order chi connectivity index (χ0) is 13.1. The van der Waals surface area contributed by atoms with Gasteiger partial charge >= 0.3 is 0 Å². The molecule has 0 atom stereocenters. The number of aromatic nitrogens is 3. The first kappa shape index (κ1) is 11.4. The van der Waals surface area contributed by atoms with Crippen molar-refractivity contribution < 1.29 is 4.79 Å². The van der Waals surface area contributed by atoms with Gasteiger partial charge < -0.3 is 9.72 Å². The maximum atomic E-state index is 12.0. The fourth-order valence-corrected chi connectivity index (χ4v) is 1.84. The molecule has 3 aromatic heterocycles. The van der Waals surface area contributed by atoms with E-state index in [-0.39, 0.29) is 5.91 Å². The molecule has 19 heavy (non-hydrogen) atoms. The Morgan fingerprint density at radius 3 is 2.84 bits per heavy atom. The smallest absolute Gasteiger partial charge is 0.253 e. The van der Waals surface area contributed by atoms with Crippen LogP contribution in [0.2, 0.25) is 0 Å². The highest BCUT2D eigenvalue weighted by molar-refractivity contribution is 5.94. The third-order valence-corrected chi connectivity index (χ3v) is 2.85. The maximum Gasteiger partial charge on any atom is 0.253 e. The van der Waals surface area contributed by atoms with Crippen molar-refractivity contribution in [2.45, 2.75) is 6.54 Å². The first-order valence-electron chi connectivity index (χ1n) is 5.93. The van der Waals surface area contributed by atoms with Crippen LogP contribution in [-0.2, 0) is 6.54 Å². The van der Waals surface area contributed by atoms with Gasteiger partial charge in [0.05, 0.1) is 5.56 Å². The summed E-state index contributed by atoms with van der Waals surface area (Å²) in [7, 11) is 0. The fourth-order valence-electron chi connectivity index (χ4n) is 1.84. The molecule has 0 unspecified atom stereocenters. The molecule has 0 saturated carbocycles. The number of fused-ring (bicyclic) bond motifs is 1. The largest absolute Gasteiger partial charge is 0.348 e. The summed E-state index contributed by atoms with van der Waals surface area (Å²) in [6, 6.07) is 7.34. The number of hydrogen-bond acceptors (Lipinski definition) is 3.